The van der Waals surface area contributed by atoms with Gasteiger partial charge in [0, 0.05) is 0 Å². The molecule has 0 N–H and O–H groups in total. The average molecular weight is 355 g/mol. The second-order valence-electron chi connectivity index (χ2n) is 5.40. The maximum absolute atomic E-state index is 12.1. The van der Waals surface area contributed by atoms with Gasteiger partial charge in [-0.15, -0.1) is 0 Å². The van der Waals surface area contributed by atoms with E-state index in [1.165, 1.54) is 4.46 Å². The third kappa shape index (κ3) is 2.51. The van der Waals surface area contributed by atoms with Crippen molar-refractivity contribution in [3.8, 4) is 0 Å². The summed E-state index contributed by atoms with van der Waals surface area (Å²) < 4.78 is 23.3. The van der Waals surface area contributed by atoms with Gasteiger partial charge in [0.05, 0.1) is 0 Å². The quantitative estimate of drug-likeness (QED) is 0.441. The molecule has 3 aliphatic heterocycles. The van der Waals surface area contributed by atoms with Crippen LogP contribution in [-0.2, 0) is 23.7 Å². The number of cyclic esters (lactones) is 1. The average Bonchev–Trinajstić information content (AvgIpc) is 3.09. The predicted octanol–water partition coefficient (Wildman–Crippen LogP) is 0.259. The van der Waals surface area contributed by atoms with Gasteiger partial charge in [-0.1, -0.05) is 0 Å². The molecular weight excluding hydrogens is 339 g/mol. The molecule has 4 rings (SSSR count). The fourth-order valence-electron chi connectivity index (χ4n) is 2.96. The minimum absolute atomic E-state index is 0.0115. The zero-order valence-electron chi connectivity index (χ0n) is 11.5. The van der Waals surface area contributed by atoms with E-state index in [0.29, 0.717) is 6.42 Å². The second-order valence-corrected chi connectivity index (χ2v) is 8.08. The van der Waals surface area contributed by atoms with Crippen molar-refractivity contribution < 1.29 is 23.7 Å². The van der Waals surface area contributed by atoms with Gasteiger partial charge in [-0.2, -0.15) is 0 Å². The first-order valence-corrected chi connectivity index (χ1v) is 8.87. The van der Waals surface area contributed by atoms with Crippen molar-refractivity contribution in [1.82, 2.24) is 0 Å². The number of epoxide rings is 1. The molecule has 3 heterocycles. The predicted molar refractivity (Wildman–Crippen MR) is 74.4 cm³/mol. The number of fused-ring (bicyclic) bond motifs is 1. The molecule has 0 unspecified atom stereocenters. The Balaban J connectivity index is 1.41. The number of rotatable bonds is 4. The van der Waals surface area contributed by atoms with Crippen molar-refractivity contribution in [2.24, 2.45) is 0 Å². The van der Waals surface area contributed by atoms with Crippen molar-refractivity contribution in [2.45, 2.75) is 41.9 Å². The van der Waals surface area contributed by atoms with Crippen molar-refractivity contribution in [3.05, 3.63) is 30.3 Å². The Morgan fingerprint density at radius 2 is 1.95 bits per heavy atom. The molecule has 3 fully saturated rings. The zero-order chi connectivity index (χ0) is 14.4. The van der Waals surface area contributed by atoms with Gasteiger partial charge in [0.2, 0.25) is 0 Å². The first kappa shape index (κ1) is 13.7. The molecule has 1 aromatic rings. The minimum atomic E-state index is -0.322. The van der Waals surface area contributed by atoms with Gasteiger partial charge in [-0.25, -0.2) is 0 Å². The molecule has 0 bridgehead atoms. The maximum atomic E-state index is 12.1. The Hall–Kier alpha value is -0.911. The van der Waals surface area contributed by atoms with Crippen molar-refractivity contribution in [1.29, 1.82) is 0 Å². The van der Waals surface area contributed by atoms with Crippen LogP contribution in [0.3, 0.4) is 0 Å². The van der Waals surface area contributed by atoms with Crippen LogP contribution in [0.4, 0.5) is 0 Å². The standard InChI is InChI=1S/C15H16O5Se/c1-17-15-13-12(19-13)11(20-15)9-7-10(14(16)18-9)21-8-5-3-2-4-6-8/h2-6,9-13,15H,7H2,1H3/t9-,10+,11-,12+,13+,15-/m1/s1. The Bertz CT molecular complexity index is 536. The van der Waals surface area contributed by atoms with E-state index in [9.17, 15) is 4.79 Å². The normalized spacial score (nSPS) is 40.9. The van der Waals surface area contributed by atoms with Gasteiger partial charge in [0.15, 0.2) is 0 Å². The van der Waals surface area contributed by atoms with Crippen LogP contribution < -0.4 is 4.46 Å². The third-order valence-corrected chi connectivity index (χ3v) is 6.59. The third-order valence-electron chi connectivity index (χ3n) is 4.04. The van der Waals surface area contributed by atoms with E-state index in [-0.39, 0.29) is 56.4 Å². The van der Waals surface area contributed by atoms with Crippen LogP contribution >= 0.6 is 0 Å². The van der Waals surface area contributed by atoms with E-state index in [1.54, 1.807) is 7.11 Å². The molecule has 0 radical (unpaired) electrons. The van der Waals surface area contributed by atoms with Crippen LogP contribution in [0.25, 0.3) is 0 Å². The summed E-state index contributed by atoms with van der Waals surface area (Å²) in [5, 5.41) is 0. The molecular formula is C15H16O5Se. The molecule has 21 heavy (non-hydrogen) atoms. The van der Waals surface area contributed by atoms with Gasteiger partial charge < -0.3 is 0 Å². The Morgan fingerprint density at radius 3 is 2.67 bits per heavy atom. The first-order chi connectivity index (χ1) is 10.3. The topological polar surface area (TPSA) is 57.3 Å². The van der Waals surface area contributed by atoms with E-state index in [2.05, 4.69) is 12.1 Å². The number of carbonyl (C=O) groups excluding carboxylic acids is 1. The number of methoxy groups -OCH3 is 1. The Morgan fingerprint density at radius 1 is 1.14 bits per heavy atom. The molecule has 112 valence electrons. The van der Waals surface area contributed by atoms with Gasteiger partial charge in [0.25, 0.3) is 0 Å². The van der Waals surface area contributed by atoms with E-state index in [0.717, 1.165) is 0 Å². The number of benzene rings is 1. The molecule has 5 nitrogen and oxygen atoms in total. The summed E-state index contributed by atoms with van der Waals surface area (Å²) in [4.78, 5) is 12.0. The summed E-state index contributed by atoms with van der Waals surface area (Å²) in [6, 6.07) is 10.1. The number of hydrogen-bond acceptors (Lipinski definition) is 5. The van der Waals surface area contributed by atoms with Crippen LogP contribution in [0, 0.1) is 0 Å². The van der Waals surface area contributed by atoms with Crippen LogP contribution in [0.2, 0.25) is 4.82 Å². The van der Waals surface area contributed by atoms with Crippen LogP contribution in [0.15, 0.2) is 30.3 Å². The van der Waals surface area contributed by atoms with E-state index in [4.69, 9.17) is 18.9 Å². The summed E-state index contributed by atoms with van der Waals surface area (Å²) in [6.07, 6.45) is 0.0377. The molecule has 6 heteroatoms. The van der Waals surface area contributed by atoms with Gasteiger partial charge >= 0.3 is 129 Å². The van der Waals surface area contributed by atoms with Crippen LogP contribution in [-0.4, -0.2) is 58.7 Å². The van der Waals surface area contributed by atoms with Crippen LogP contribution in [0.1, 0.15) is 6.42 Å². The monoisotopic (exact) mass is 356 g/mol. The summed E-state index contributed by atoms with van der Waals surface area (Å²) in [5.41, 5.74) is 0. The summed E-state index contributed by atoms with van der Waals surface area (Å²) >= 11 is 0.0934. The summed E-state index contributed by atoms with van der Waals surface area (Å²) in [7, 11) is 1.60. The molecule has 0 aromatic heterocycles. The summed E-state index contributed by atoms with van der Waals surface area (Å²) in [5.74, 6) is -0.106. The number of esters is 1. The SMILES string of the molecule is CO[C@@H]1O[C@H]([C@H]2C[C@H]([Se]c3ccccc3)C(=O)O2)[C@@H]2O[C@H]12. The van der Waals surface area contributed by atoms with Crippen LogP contribution in [0.5, 0.6) is 0 Å². The number of ether oxygens (including phenoxy) is 4. The molecule has 6 atom stereocenters. The zero-order valence-corrected chi connectivity index (χ0v) is 13.2. The number of hydrogen-bond donors (Lipinski definition) is 0. The molecule has 0 spiro atoms. The van der Waals surface area contributed by atoms with Gasteiger partial charge in [-0.3, -0.25) is 0 Å². The van der Waals surface area contributed by atoms with Gasteiger partial charge in [0.1, 0.15) is 0 Å². The molecule has 3 aliphatic rings. The molecule has 3 saturated heterocycles. The molecule has 0 saturated carbocycles. The van der Waals surface area contributed by atoms with E-state index in [1.807, 2.05) is 18.2 Å². The van der Waals surface area contributed by atoms with E-state index < -0.39 is 0 Å². The fourth-order valence-corrected chi connectivity index (χ4v) is 5.23. The van der Waals surface area contributed by atoms with E-state index >= 15 is 0 Å². The molecule has 0 amide bonds. The summed E-state index contributed by atoms with van der Waals surface area (Å²) in [6.45, 7) is 0. The first-order valence-electron chi connectivity index (χ1n) is 7.02. The van der Waals surface area contributed by atoms with Crippen molar-refractivity contribution >= 4 is 25.4 Å². The Labute approximate surface area is 129 Å². The van der Waals surface area contributed by atoms with Crippen molar-refractivity contribution in [3.63, 3.8) is 0 Å². The second kappa shape index (κ2) is 5.38. The molecule has 0 aliphatic carbocycles. The van der Waals surface area contributed by atoms with Gasteiger partial charge in [-0.05, 0) is 0 Å². The Kier molecular flexibility index (Phi) is 3.51. The van der Waals surface area contributed by atoms with Crippen molar-refractivity contribution in [2.75, 3.05) is 7.11 Å². The number of carbonyl (C=O) groups is 1. The molecule has 1 aromatic carbocycles. The fraction of sp³-hybridized carbons (Fsp3) is 0.533.